The van der Waals surface area contributed by atoms with Crippen molar-refractivity contribution in [2.24, 2.45) is 0 Å². The molecule has 4 heteroatoms. The maximum absolute atomic E-state index is 5.70. The van der Waals surface area contributed by atoms with Gasteiger partial charge >= 0.3 is 0 Å². The zero-order valence-corrected chi connectivity index (χ0v) is 12.0. The van der Waals surface area contributed by atoms with Gasteiger partial charge in [-0.3, -0.25) is 0 Å². The number of hydrogen-bond donors (Lipinski definition) is 1. The largest absolute Gasteiger partial charge is 0.464 e. The minimum absolute atomic E-state index is 0.366. The first-order valence-corrected chi connectivity index (χ1v) is 7.11. The van der Waals surface area contributed by atoms with Gasteiger partial charge in [0.1, 0.15) is 0 Å². The first-order chi connectivity index (χ1) is 10.4. The van der Waals surface area contributed by atoms with E-state index in [0.717, 1.165) is 36.2 Å². The van der Waals surface area contributed by atoms with Gasteiger partial charge in [-0.25, -0.2) is 4.98 Å². The van der Waals surface area contributed by atoms with E-state index in [0.29, 0.717) is 18.4 Å². The lowest BCUT2D eigenvalue weighted by molar-refractivity contribution is 0.351. The highest BCUT2D eigenvalue weighted by molar-refractivity contribution is 5.54. The molecule has 0 amide bonds. The minimum Gasteiger partial charge on any atom is -0.464 e. The number of para-hydroxylation sites is 1. The molecule has 106 valence electrons. The Morgan fingerprint density at radius 1 is 1.19 bits per heavy atom. The fourth-order valence-corrected chi connectivity index (χ4v) is 2.40. The number of aryl methyl sites for hydroxylation is 1. The Hall–Kier alpha value is -2.54. The Kier molecular flexibility index (Phi) is 4.02. The zero-order chi connectivity index (χ0) is 14.5. The molecule has 1 N–H and O–H groups in total. The standard InChI is InChI=1S/C17H17N3O/c1-2-3-12-21-16-14-10-7-11-15(14)19-17(20-16)18-13-8-5-4-6-9-13/h4-6,8-9H,7,10-12H2,1H3,(H,18,19,20). The number of nitrogens with one attached hydrogen (secondary N) is 1. The second-order valence-electron chi connectivity index (χ2n) is 4.84. The van der Waals surface area contributed by atoms with E-state index >= 15 is 0 Å². The molecule has 0 unspecified atom stereocenters. The smallest absolute Gasteiger partial charge is 0.230 e. The molecular weight excluding hydrogens is 262 g/mol. The molecule has 0 fully saturated rings. The summed E-state index contributed by atoms with van der Waals surface area (Å²) in [7, 11) is 0. The number of fused-ring (bicyclic) bond motifs is 1. The number of anilines is 2. The maximum atomic E-state index is 5.70. The van der Waals surface area contributed by atoms with Crippen molar-refractivity contribution in [3.05, 3.63) is 41.6 Å². The molecule has 1 aliphatic carbocycles. The Morgan fingerprint density at radius 3 is 2.86 bits per heavy atom. The number of aromatic nitrogens is 2. The molecule has 0 aliphatic heterocycles. The molecule has 1 aromatic heterocycles. The molecule has 2 aromatic rings. The van der Waals surface area contributed by atoms with E-state index in [-0.39, 0.29) is 0 Å². The third kappa shape index (κ3) is 3.14. The van der Waals surface area contributed by atoms with Crippen molar-refractivity contribution >= 4 is 11.6 Å². The summed E-state index contributed by atoms with van der Waals surface area (Å²) in [6, 6.07) is 9.90. The van der Waals surface area contributed by atoms with E-state index in [1.54, 1.807) is 6.92 Å². The van der Waals surface area contributed by atoms with Crippen LogP contribution in [0.3, 0.4) is 0 Å². The first-order valence-electron chi connectivity index (χ1n) is 7.11. The molecule has 0 saturated heterocycles. The van der Waals surface area contributed by atoms with Gasteiger partial charge in [-0.05, 0) is 38.3 Å². The highest BCUT2D eigenvalue weighted by atomic mass is 16.5. The number of rotatable bonds is 4. The lowest BCUT2D eigenvalue weighted by Crippen LogP contribution is -2.06. The predicted molar refractivity (Wildman–Crippen MR) is 82.7 cm³/mol. The van der Waals surface area contributed by atoms with Crippen molar-refractivity contribution in [1.82, 2.24) is 9.97 Å². The Balaban J connectivity index is 1.87. The average Bonchev–Trinajstić information content (AvgIpc) is 2.97. The van der Waals surface area contributed by atoms with Crippen LogP contribution in [0.1, 0.15) is 24.6 Å². The Morgan fingerprint density at radius 2 is 2.05 bits per heavy atom. The Bertz CT molecular complexity index is 686. The normalized spacial score (nSPS) is 12.2. The summed E-state index contributed by atoms with van der Waals surface area (Å²) in [5.41, 5.74) is 3.18. The van der Waals surface area contributed by atoms with E-state index < -0.39 is 0 Å². The van der Waals surface area contributed by atoms with Gasteiger partial charge in [-0.2, -0.15) is 4.98 Å². The van der Waals surface area contributed by atoms with Gasteiger partial charge in [0, 0.05) is 11.3 Å². The van der Waals surface area contributed by atoms with Gasteiger partial charge < -0.3 is 10.1 Å². The highest BCUT2D eigenvalue weighted by Crippen LogP contribution is 2.29. The number of nitrogens with zero attached hydrogens (tertiary/aromatic N) is 2. The SMILES string of the molecule is CC#CCOc1nc(Nc2ccccc2)nc2c1CCC2. The molecule has 21 heavy (non-hydrogen) atoms. The summed E-state index contributed by atoms with van der Waals surface area (Å²) in [6.45, 7) is 2.17. The molecule has 4 nitrogen and oxygen atoms in total. The van der Waals surface area contributed by atoms with Crippen LogP contribution in [0.2, 0.25) is 0 Å². The van der Waals surface area contributed by atoms with E-state index in [9.17, 15) is 0 Å². The van der Waals surface area contributed by atoms with Crippen LogP contribution in [0.25, 0.3) is 0 Å². The fourth-order valence-electron chi connectivity index (χ4n) is 2.40. The van der Waals surface area contributed by atoms with Gasteiger partial charge in [-0.15, -0.1) is 5.92 Å². The van der Waals surface area contributed by atoms with Crippen molar-refractivity contribution in [3.8, 4) is 17.7 Å². The summed E-state index contributed by atoms with van der Waals surface area (Å²) in [5.74, 6) is 6.98. The van der Waals surface area contributed by atoms with Gasteiger partial charge in [0.25, 0.3) is 0 Å². The van der Waals surface area contributed by atoms with Crippen molar-refractivity contribution in [3.63, 3.8) is 0 Å². The molecule has 0 atom stereocenters. The third-order valence-electron chi connectivity index (χ3n) is 3.38. The van der Waals surface area contributed by atoms with E-state index in [1.807, 2.05) is 30.3 Å². The second-order valence-corrected chi connectivity index (χ2v) is 4.84. The molecule has 0 spiro atoms. The fraction of sp³-hybridized carbons (Fsp3) is 0.294. The van der Waals surface area contributed by atoms with Crippen molar-refractivity contribution in [1.29, 1.82) is 0 Å². The summed E-state index contributed by atoms with van der Waals surface area (Å²) in [4.78, 5) is 9.10. The number of hydrogen-bond acceptors (Lipinski definition) is 4. The van der Waals surface area contributed by atoms with Crippen molar-refractivity contribution in [2.75, 3.05) is 11.9 Å². The van der Waals surface area contributed by atoms with Crippen LogP contribution < -0.4 is 10.1 Å². The first kappa shape index (κ1) is 13.4. The van der Waals surface area contributed by atoms with Gasteiger partial charge in [0.15, 0.2) is 6.61 Å². The molecule has 1 aliphatic rings. The van der Waals surface area contributed by atoms with Crippen LogP contribution in [0.15, 0.2) is 30.3 Å². The molecule has 3 rings (SSSR count). The topological polar surface area (TPSA) is 47.0 Å². The second kappa shape index (κ2) is 6.27. The van der Waals surface area contributed by atoms with Crippen molar-refractivity contribution < 1.29 is 4.74 Å². The number of benzene rings is 1. The lowest BCUT2D eigenvalue weighted by atomic mass is 10.2. The highest BCUT2D eigenvalue weighted by Gasteiger charge is 2.20. The van der Waals surface area contributed by atoms with Gasteiger partial charge in [-0.1, -0.05) is 24.1 Å². The van der Waals surface area contributed by atoms with E-state index in [4.69, 9.17) is 4.74 Å². The van der Waals surface area contributed by atoms with Crippen LogP contribution in [-0.4, -0.2) is 16.6 Å². The van der Waals surface area contributed by atoms with E-state index in [1.165, 1.54) is 0 Å². The van der Waals surface area contributed by atoms with Crippen LogP contribution in [0.4, 0.5) is 11.6 Å². The van der Waals surface area contributed by atoms with Crippen LogP contribution in [-0.2, 0) is 12.8 Å². The average molecular weight is 279 g/mol. The Labute approximate surface area is 124 Å². The minimum atomic E-state index is 0.366. The zero-order valence-electron chi connectivity index (χ0n) is 12.0. The predicted octanol–water partition coefficient (Wildman–Crippen LogP) is 3.11. The molecule has 1 aromatic carbocycles. The van der Waals surface area contributed by atoms with Crippen molar-refractivity contribution in [2.45, 2.75) is 26.2 Å². The monoisotopic (exact) mass is 279 g/mol. The summed E-state index contributed by atoms with van der Waals surface area (Å²) in [5, 5.41) is 3.23. The molecule has 0 bridgehead atoms. The van der Waals surface area contributed by atoms with Gasteiger partial charge in [0.2, 0.25) is 11.8 Å². The van der Waals surface area contributed by atoms with Crippen LogP contribution in [0, 0.1) is 11.8 Å². The van der Waals surface area contributed by atoms with Crippen LogP contribution in [0.5, 0.6) is 5.88 Å². The molecular formula is C17H17N3O. The number of ether oxygens (including phenoxy) is 1. The lowest BCUT2D eigenvalue weighted by Gasteiger charge is -2.11. The quantitative estimate of drug-likeness (QED) is 0.874. The summed E-state index contributed by atoms with van der Waals surface area (Å²) in [6.07, 6.45) is 3.07. The van der Waals surface area contributed by atoms with Gasteiger partial charge in [0.05, 0.1) is 5.69 Å². The molecule has 0 saturated carbocycles. The summed E-state index contributed by atoms with van der Waals surface area (Å²) >= 11 is 0. The molecule has 0 radical (unpaired) electrons. The third-order valence-corrected chi connectivity index (χ3v) is 3.38. The van der Waals surface area contributed by atoms with E-state index in [2.05, 4.69) is 27.1 Å². The van der Waals surface area contributed by atoms with Crippen LogP contribution >= 0.6 is 0 Å². The summed E-state index contributed by atoms with van der Waals surface area (Å²) < 4.78 is 5.70. The molecule has 1 heterocycles. The maximum Gasteiger partial charge on any atom is 0.230 e.